The normalized spacial score (nSPS) is 8.83. The largest absolute Gasteiger partial charge is 0.481 e. The van der Waals surface area contributed by atoms with E-state index in [1.165, 1.54) is 0 Å². The number of carbonyl (C=O) groups is 3. The van der Waals surface area contributed by atoms with Crippen molar-refractivity contribution in [1.82, 2.24) is 0 Å². The fourth-order valence-corrected chi connectivity index (χ4v) is 0.884. The van der Waals surface area contributed by atoms with Gasteiger partial charge in [0, 0.05) is 6.42 Å². The second-order valence-electron chi connectivity index (χ2n) is 3.25. The molecule has 0 rings (SSSR count). The maximum atomic E-state index is 10.7. The van der Waals surface area contributed by atoms with E-state index in [1.54, 1.807) is 13.8 Å². The van der Waals surface area contributed by atoms with Crippen LogP contribution in [0.2, 0.25) is 0 Å². The summed E-state index contributed by atoms with van der Waals surface area (Å²) < 4.78 is 9.25. The Balaban J connectivity index is 0. The zero-order valence-electron chi connectivity index (χ0n) is 11.2. The molecule has 1 N–H and O–H groups in total. The van der Waals surface area contributed by atoms with E-state index in [4.69, 9.17) is 5.11 Å². The second kappa shape index (κ2) is 13.5. The van der Waals surface area contributed by atoms with Crippen LogP contribution in [0.15, 0.2) is 0 Å². The van der Waals surface area contributed by atoms with Crippen molar-refractivity contribution in [3.63, 3.8) is 0 Å². The van der Waals surface area contributed by atoms with E-state index < -0.39 is 5.97 Å². The summed E-state index contributed by atoms with van der Waals surface area (Å²) in [5.74, 6) is -1.42. The lowest BCUT2D eigenvalue weighted by Gasteiger charge is -2.01. The van der Waals surface area contributed by atoms with Crippen LogP contribution in [0.5, 0.6) is 0 Å². The highest BCUT2D eigenvalue weighted by Gasteiger charge is 2.06. The molecule has 0 unspecified atom stereocenters. The van der Waals surface area contributed by atoms with Crippen LogP contribution in [0.4, 0.5) is 0 Å². The van der Waals surface area contributed by atoms with Gasteiger partial charge in [0.15, 0.2) is 0 Å². The highest BCUT2D eigenvalue weighted by Crippen LogP contribution is 1.95. The molecule has 6 nitrogen and oxygen atoms in total. The van der Waals surface area contributed by atoms with Crippen LogP contribution < -0.4 is 0 Å². The Bertz CT molecular complexity index is 231. The van der Waals surface area contributed by atoms with Crippen LogP contribution in [-0.2, 0) is 23.9 Å². The molecule has 0 bridgehead atoms. The summed E-state index contributed by atoms with van der Waals surface area (Å²) in [6.07, 6.45) is 1.23. The van der Waals surface area contributed by atoms with Crippen molar-refractivity contribution >= 4 is 17.9 Å². The molecular weight excluding hydrogens is 240 g/mol. The Kier molecular flexibility index (Phi) is 14.0. The molecule has 0 saturated carbocycles. The van der Waals surface area contributed by atoms with Gasteiger partial charge in [-0.2, -0.15) is 0 Å². The minimum Gasteiger partial charge on any atom is -0.481 e. The predicted octanol–water partition coefficient (Wildman–Crippen LogP) is 1.76. The van der Waals surface area contributed by atoms with Gasteiger partial charge in [0.25, 0.3) is 0 Å². The van der Waals surface area contributed by atoms with Gasteiger partial charge in [0.05, 0.1) is 26.1 Å². The first kappa shape index (κ1) is 18.8. The number of esters is 2. The van der Waals surface area contributed by atoms with Crippen LogP contribution in [0.3, 0.4) is 0 Å². The SMILES string of the molecule is CCCC(=O)O.CCOC(=O)CCC(=O)OCC. The Morgan fingerprint density at radius 2 is 1.22 bits per heavy atom. The van der Waals surface area contributed by atoms with Gasteiger partial charge in [0.2, 0.25) is 0 Å². The van der Waals surface area contributed by atoms with Crippen LogP contribution in [0, 0.1) is 0 Å². The van der Waals surface area contributed by atoms with Crippen molar-refractivity contribution in [3.8, 4) is 0 Å². The lowest BCUT2D eigenvalue weighted by atomic mass is 10.3. The Morgan fingerprint density at radius 1 is 0.833 bits per heavy atom. The van der Waals surface area contributed by atoms with Crippen molar-refractivity contribution in [2.75, 3.05) is 13.2 Å². The summed E-state index contributed by atoms with van der Waals surface area (Å²) in [5, 5.41) is 7.91. The minimum absolute atomic E-state index is 0.104. The third-order valence-corrected chi connectivity index (χ3v) is 1.61. The number of ether oxygens (including phenoxy) is 2. The van der Waals surface area contributed by atoms with Gasteiger partial charge in [-0.25, -0.2) is 0 Å². The summed E-state index contributed by atoms with van der Waals surface area (Å²) in [7, 11) is 0. The number of carboxylic acids is 1. The van der Waals surface area contributed by atoms with Crippen molar-refractivity contribution in [2.45, 2.75) is 46.5 Å². The molecule has 0 heterocycles. The van der Waals surface area contributed by atoms with Crippen LogP contribution >= 0.6 is 0 Å². The zero-order valence-corrected chi connectivity index (χ0v) is 11.2. The Labute approximate surface area is 107 Å². The summed E-state index contributed by atoms with van der Waals surface area (Å²) in [4.78, 5) is 31.0. The standard InChI is InChI=1S/C8H14O4.C4H8O2/c1-3-11-7(9)5-6-8(10)12-4-2;1-2-3-4(5)6/h3-6H2,1-2H3;2-3H2,1H3,(H,5,6). The van der Waals surface area contributed by atoms with Gasteiger partial charge in [-0.15, -0.1) is 0 Å². The van der Waals surface area contributed by atoms with Gasteiger partial charge in [-0.3, -0.25) is 14.4 Å². The van der Waals surface area contributed by atoms with Crippen LogP contribution in [-0.4, -0.2) is 36.2 Å². The molecule has 0 aliphatic carbocycles. The highest BCUT2D eigenvalue weighted by molar-refractivity contribution is 5.77. The lowest BCUT2D eigenvalue weighted by Crippen LogP contribution is -2.09. The lowest BCUT2D eigenvalue weighted by molar-refractivity contribution is -0.149. The maximum absolute atomic E-state index is 10.7. The third-order valence-electron chi connectivity index (χ3n) is 1.61. The maximum Gasteiger partial charge on any atom is 0.306 e. The number of carbonyl (C=O) groups excluding carboxylic acids is 2. The average Bonchev–Trinajstić information content (AvgIpc) is 2.28. The molecule has 0 aromatic heterocycles. The molecule has 0 radical (unpaired) electrons. The van der Waals surface area contributed by atoms with Crippen LogP contribution in [0.25, 0.3) is 0 Å². The molecule has 0 aromatic carbocycles. The minimum atomic E-state index is -0.711. The van der Waals surface area contributed by atoms with Gasteiger partial charge >= 0.3 is 17.9 Å². The van der Waals surface area contributed by atoms with E-state index in [-0.39, 0.29) is 24.8 Å². The number of hydrogen-bond acceptors (Lipinski definition) is 5. The van der Waals surface area contributed by atoms with E-state index in [0.29, 0.717) is 19.6 Å². The molecule has 0 amide bonds. The fourth-order valence-electron chi connectivity index (χ4n) is 0.884. The number of rotatable bonds is 7. The topological polar surface area (TPSA) is 89.9 Å². The highest BCUT2D eigenvalue weighted by atomic mass is 16.5. The van der Waals surface area contributed by atoms with Crippen molar-refractivity contribution < 1.29 is 29.0 Å². The Morgan fingerprint density at radius 3 is 1.39 bits per heavy atom. The molecule has 18 heavy (non-hydrogen) atoms. The van der Waals surface area contributed by atoms with E-state index in [1.807, 2.05) is 6.92 Å². The molecular formula is C12H22O6. The van der Waals surface area contributed by atoms with Gasteiger partial charge < -0.3 is 14.6 Å². The average molecular weight is 262 g/mol. The summed E-state index contributed by atoms with van der Waals surface area (Å²) in [6.45, 7) is 5.99. The molecule has 0 fully saturated rings. The van der Waals surface area contributed by atoms with Crippen molar-refractivity contribution in [2.24, 2.45) is 0 Å². The smallest absolute Gasteiger partial charge is 0.306 e. The van der Waals surface area contributed by atoms with Crippen LogP contribution in [0.1, 0.15) is 46.5 Å². The molecule has 0 aromatic rings. The monoisotopic (exact) mass is 262 g/mol. The zero-order chi connectivity index (χ0) is 14.4. The number of hydrogen-bond donors (Lipinski definition) is 1. The molecule has 0 atom stereocenters. The van der Waals surface area contributed by atoms with Gasteiger partial charge in [-0.1, -0.05) is 6.92 Å². The molecule has 6 heteroatoms. The fraction of sp³-hybridized carbons (Fsp3) is 0.750. The first-order valence-corrected chi connectivity index (χ1v) is 6.00. The molecule has 106 valence electrons. The van der Waals surface area contributed by atoms with Gasteiger partial charge in [0.1, 0.15) is 0 Å². The van der Waals surface area contributed by atoms with Gasteiger partial charge in [-0.05, 0) is 20.3 Å². The molecule has 0 saturated heterocycles. The number of aliphatic carboxylic acids is 1. The van der Waals surface area contributed by atoms with Crippen molar-refractivity contribution in [1.29, 1.82) is 0 Å². The first-order chi connectivity index (χ1) is 8.47. The summed E-state index contributed by atoms with van der Waals surface area (Å²) >= 11 is 0. The molecule has 0 spiro atoms. The predicted molar refractivity (Wildman–Crippen MR) is 65.0 cm³/mol. The van der Waals surface area contributed by atoms with E-state index in [9.17, 15) is 14.4 Å². The first-order valence-electron chi connectivity index (χ1n) is 6.00. The second-order valence-corrected chi connectivity index (χ2v) is 3.25. The van der Waals surface area contributed by atoms with E-state index in [0.717, 1.165) is 6.42 Å². The Hall–Kier alpha value is -1.59. The summed E-state index contributed by atoms with van der Waals surface area (Å²) in [6, 6.07) is 0. The summed E-state index contributed by atoms with van der Waals surface area (Å²) in [5.41, 5.74) is 0. The van der Waals surface area contributed by atoms with E-state index in [2.05, 4.69) is 9.47 Å². The quantitative estimate of drug-likeness (QED) is 0.703. The number of carboxylic acid groups (broad SMARTS) is 1. The molecule has 0 aliphatic heterocycles. The van der Waals surface area contributed by atoms with E-state index >= 15 is 0 Å². The molecule has 0 aliphatic rings. The third kappa shape index (κ3) is 16.8. The van der Waals surface area contributed by atoms with Crippen molar-refractivity contribution in [3.05, 3.63) is 0 Å².